The first kappa shape index (κ1) is 22.6. The van der Waals surface area contributed by atoms with Crippen LogP contribution in [0.2, 0.25) is 0 Å². The molecule has 2 N–H and O–H groups in total. The molecule has 32 heavy (non-hydrogen) atoms. The van der Waals surface area contributed by atoms with Gasteiger partial charge >= 0.3 is 0 Å². The maximum Gasteiger partial charge on any atom is 0.268 e. The monoisotopic (exact) mass is 449 g/mol. The zero-order valence-corrected chi connectivity index (χ0v) is 19.8. The van der Waals surface area contributed by atoms with Crippen LogP contribution in [0.3, 0.4) is 0 Å². The van der Waals surface area contributed by atoms with Crippen molar-refractivity contribution in [3.63, 3.8) is 0 Å². The van der Waals surface area contributed by atoms with E-state index in [-0.39, 0.29) is 5.91 Å². The van der Waals surface area contributed by atoms with Crippen LogP contribution < -0.4 is 5.32 Å². The van der Waals surface area contributed by atoms with E-state index in [1.54, 1.807) is 18.9 Å². The van der Waals surface area contributed by atoms with Gasteiger partial charge in [0.05, 0.1) is 6.10 Å². The number of rotatable bonds is 7. The number of aliphatic hydroxyl groups is 1. The molecule has 1 unspecified atom stereocenters. The summed E-state index contributed by atoms with van der Waals surface area (Å²) < 4.78 is 4.30. The highest BCUT2D eigenvalue weighted by Crippen LogP contribution is 2.33. The highest BCUT2D eigenvalue weighted by molar-refractivity contribution is 7.97. The van der Waals surface area contributed by atoms with Gasteiger partial charge in [-0.15, -0.1) is 0 Å². The van der Waals surface area contributed by atoms with Gasteiger partial charge in [0.1, 0.15) is 5.69 Å². The normalized spacial score (nSPS) is 14.8. The Balaban J connectivity index is 1.53. The van der Waals surface area contributed by atoms with Crippen LogP contribution in [-0.2, 0) is 26.1 Å². The second kappa shape index (κ2) is 9.94. The molecule has 0 aliphatic carbocycles. The van der Waals surface area contributed by atoms with Crippen molar-refractivity contribution in [3.8, 4) is 0 Å². The summed E-state index contributed by atoms with van der Waals surface area (Å²) in [7, 11) is 0. The van der Waals surface area contributed by atoms with Crippen molar-refractivity contribution in [2.75, 3.05) is 6.54 Å². The van der Waals surface area contributed by atoms with Gasteiger partial charge in [-0.25, -0.2) is 4.31 Å². The lowest BCUT2D eigenvalue weighted by atomic mass is 10.0. The number of fused-ring (bicyclic) bond motifs is 1. The molecule has 168 valence electrons. The number of nitrogens with one attached hydrogen (secondary N) is 1. The standard InChI is InChI=1S/C26H31N3O2S/c1-18-8-4-5-10-22(18)15-27-26(31)24-14-25(20(3)29(24)16-19(2)30)32-28-13-12-21-9-6-7-11-23(21)17-28/h4-11,14,19,30H,12-13,15-17H2,1-3H3,(H,27,31). The topological polar surface area (TPSA) is 57.5 Å². The molecule has 2 aromatic carbocycles. The van der Waals surface area contributed by atoms with Crippen molar-refractivity contribution < 1.29 is 9.90 Å². The number of carbonyl (C=O) groups excluding carboxylic acids is 1. The molecule has 0 radical (unpaired) electrons. The van der Waals surface area contributed by atoms with E-state index in [0.29, 0.717) is 18.8 Å². The average Bonchev–Trinajstić information content (AvgIpc) is 3.07. The van der Waals surface area contributed by atoms with E-state index < -0.39 is 6.10 Å². The third-order valence-electron chi connectivity index (χ3n) is 6.02. The maximum atomic E-state index is 13.1. The van der Waals surface area contributed by atoms with E-state index in [1.807, 2.05) is 48.7 Å². The Hall–Kier alpha value is -2.54. The van der Waals surface area contributed by atoms with Crippen LogP contribution in [0, 0.1) is 13.8 Å². The first-order valence-electron chi connectivity index (χ1n) is 11.1. The molecule has 1 aliphatic rings. The molecule has 1 aromatic heterocycles. The molecule has 0 bridgehead atoms. The van der Waals surface area contributed by atoms with Crippen LogP contribution in [0.5, 0.6) is 0 Å². The second-order valence-electron chi connectivity index (χ2n) is 8.52. The zero-order chi connectivity index (χ0) is 22.7. The van der Waals surface area contributed by atoms with E-state index >= 15 is 0 Å². The Kier molecular flexibility index (Phi) is 7.04. The summed E-state index contributed by atoms with van der Waals surface area (Å²) in [6.45, 7) is 8.56. The molecule has 1 atom stereocenters. The van der Waals surface area contributed by atoms with E-state index in [9.17, 15) is 9.90 Å². The lowest BCUT2D eigenvalue weighted by Gasteiger charge is -2.27. The fourth-order valence-electron chi connectivity index (χ4n) is 4.16. The lowest BCUT2D eigenvalue weighted by Crippen LogP contribution is -2.27. The van der Waals surface area contributed by atoms with Crippen LogP contribution in [0.25, 0.3) is 0 Å². The first-order chi connectivity index (χ1) is 15.4. The molecule has 6 heteroatoms. The summed E-state index contributed by atoms with van der Waals surface area (Å²) in [4.78, 5) is 14.2. The summed E-state index contributed by atoms with van der Waals surface area (Å²) in [5.41, 5.74) is 6.65. The Morgan fingerprint density at radius 3 is 2.59 bits per heavy atom. The van der Waals surface area contributed by atoms with E-state index in [4.69, 9.17) is 0 Å². The molecule has 0 saturated heterocycles. The highest BCUT2D eigenvalue weighted by atomic mass is 32.2. The summed E-state index contributed by atoms with van der Waals surface area (Å²) in [5.74, 6) is -0.118. The number of nitrogens with zero attached hydrogens (tertiary/aromatic N) is 2. The molecule has 5 nitrogen and oxygen atoms in total. The molecular formula is C26H31N3O2S. The predicted molar refractivity (Wildman–Crippen MR) is 130 cm³/mol. The van der Waals surface area contributed by atoms with Crippen LogP contribution >= 0.6 is 11.9 Å². The van der Waals surface area contributed by atoms with Gasteiger partial charge in [-0.2, -0.15) is 0 Å². The summed E-state index contributed by atoms with van der Waals surface area (Å²) in [6.07, 6.45) is 0.490. The quantitative estimate of drug-likeness (QED) is 0.522. The molecule has 0 saturated carbocycles. The number of aryl methyl sites for hydroxylation is 1. The zero-order valence-electron chi connectivity index (χ0n) is 19.0. The fourth-order valence-corrected chi connectivity index (χ4v) is 5.23. The average molecular weight is 450 g/mol. The number of benzene rings is 2. The molecule has 3 aromatic rings. The molecule has 0 fully saturated rings. The molecule has 1 aliphatic heterocycles. The third kappa shape index (κ3) is 5.09. The summed E-state index contributed by atoms with van der Waals surface area (Å²) >= 11 is 1.70. The summed E-state index contributed by atoms with van der Waals surface area (Å²) in [6, 6.07) is 18.6. The van der Waals surface area contributed by atoms with E-state index in [0.717, 1.165) is 41.2 Å². The number of aliphatic hydroxyl groups excluding tert-OH is 1. The SMILES string of the molecule is Cc1ccccc1CNC(=O)c1cc(SN2CCc3ccccc3C2)c(C)n1CC(C)O. The van der Waals surface area contributed by atoms with Gasteiger partial charge in [0.25, 0.3) is 5.91 Å². The lowest BCUT2D eigenvalue weighted by molar-refractivity contribution is 0.0936. The van der Waals surface area contributed by atoms with Crippen LogP contribution in [0.1, 0.15) is 45.4 Å². The number of hydrogen-bond donors (Lipinski definition) is 2. The minimum Gasteiger partial charge on any atom is -0.392 e. The van der Waals surface area contributed by atoms with Crippen molar-refractivity contribution in [3.05, 3.63) is 88.2 Å². The van der Waals surface area contributed by atoms with Crippen molar-refractivity contribution in [1.82, 2.24) is 14.2 Å². The maximum absolute atomic E-state index is 13.1. The molecule has 2 heterocycles. The van der Waals surface area contributed by atoms with Crippen LogP contribution in [0.4, 0.5) is 0 Å². The Morgan fingerprint density at radius 1 is 1.12 bits per heavy atom. The number of hydrogen-bond acceptors (Lipinski definition) is 4. The van der Waals surface area contributed by atoms with Crippen molar-refractivity contribution >= 4 is 17.9 Å². The molecular weight excluding hydrogens is 418 g/mol. The van der Waals surface area contributed by atoms with Crippen molar-refractivity contribution in [1.29, 1.82) is 0 Å². The van der Waals surface area contributed by atoms with Crippen molar-refractivity contribution in [2.45, 2.75) is 57.8 Å². The fraction of sp³-hybridized carbons (Fsp3) is 0.346. The van der Waals surface area contributed by atoms with Gasteiger partial charge in [0, 0.05) is 36.8 Å². The number of aromatic nitrogens is 1. The van der Waals surface area contributed by atoms with Crippen LogP contribution in [0.15, 0.2) is 59.5 Å². The van der Waals surface area contributed by atoms with Crippen LogP contribution in [-0.4, -0.2) is 32.5 Å². The second-order valence-corrected chi connectivity index (χ2v) is 9.66. The Labute approximate surface area is 194 Å². The minimum absolute atomic E-state index is 0.118. The molecule has 1 amide bonds. The number of carbonyl (C=O) groups is 1. The highest BCUT2D eigenvalue weighted by Gasteiger charge is 2.23. The first-order valence-corrected chi connectivity index (χ1v) is 11.9. The third-order valence-corrected chi connectivity index (χ3v) is 7.20. The van der Waals surface area contributed by atoms with Gasteiger partial charge < -0.3 is 15.0 Å². The predicted octanol–water partition coefficient (Wildman–Crippen LogP) is 4.48. The molecule has 4 rings (SSSR count). The smallest absolute Gasteiger partial charge is 0.268 e. The van der Waals surface area contributed by atoms with Gasteiger partial charge in [-0.3, -0.25) is 4.79 Å². The van der Waals surface area contributed by atoms with Gasteiger partial charge in [-0.1, -0.05) is 48.5 Å². The van der Waals surface area contributed by atoms with E-state index in [2.05, 4.69) is 33.9 Å². The van der Waals surface area contributed by atoms with Crippen molar-refractivity contribution in [2.24, 2.45) is 0 Å². The summed E-state index contributed by atoms with van der Waals surface area (Å²) in [5, 5.41) is 13.1. The van der Waals surface area contributed by atoms with Gasteiger partial charge in [-0.05, 0) is 67.5 Å². The molecule has 0 spiro atoms. The Bertz CT molecular complexity index is 1110. The largest absolute Gasteiger partial charge is 0.392 e. The Morgan fingerprint density at radius 2 is 1.84 bits per heavy atom. The van der Waals surface area contributed by atoms with Gasteiger partial charge in [0.2, 0.25) is 0 Å². The van der Waals surface area contributed by atoms with Gasteiger partial charge in [0.15, 0.2) is 0 Å². The minimum atomic E-state index is -0.538. The number of amides is 1. The van der Waals surface area contributed by atoms with E-state index in [1.165, 1.54) is 11.1 Å².